The monoisotopic (exact) mass is 378 g/mol. The number of nitrogens with zero attached hydrogens (tertiary/aromatic N) is 2. The number of aromatic nitrogens is 3. The Morgan fingerprint density at radius 2 is 1.74 bits per heavy atom. The predicted octanol–water partition coefficient (Wildman–Crippen LogP) is 5.52. The van der Waals surface area contributed by atoms with Gasteiger partial charge in [0.2, 0.25) is 5.95 Å². The highest BCUT2D eigenvalue weighted by molar-refractivity contribution is 6.30. The molecule has 1 unspecified atom stereocenters. The summed E-state index contributed by atoms with van der Waals surface area (Å²) < 4.78 is 5.29. The van der Waals surface area contributed by atoms with E-state index in [1.165, 1.54) is 10.9 Å². The van der Waals surface area contributed by atoms with E-state index in [0.29, 0.717) is 11.0 Å². The van der Waals surface area contributed by atoms with E-state index in [4.69, 9.17) is 16.3 Å². The highest BCUT2D eigenvalue weighted by Gasteiger charge is 2.14. The third kappa shape index (κ3) is 3.73. The number of nitrogens with one attached hydrogen (secondary N) is 2. The van der Waals surface area contributed by atoms with E-state index < -0.39 is 0 Å². The first-order valence-corrected chi connectivity index (χ1v) is 9.03. The second-order valence-corrected chi connectivity index (χ2v) is 6.81. The Hall–Kier alpha value is -3.05. The van der Waals surface area contributed by atoms with Gasteiger partial charge in [-0.2, -0.15) is 4.98 Å². The summed E-state index contributed by atoms with van der Waals surface area (Å²) >= 11 is 5.91. The summed E-state index contributed by atoms with van der Waals surface area (Å²) in [5, 5.41) is 13.5. The zero-order valence-corrected chi connectivity index (χ0v) is 15.8. The van der Waals surface area contributed by atoms with Gasteiger partial charge in [0.15, 0.2) is 0 Å². The number of hydrogen-bond donors (Lipinski definition) is 2. The molecule has 4 rings (SSSR count). The van der Waals surface area contributed by atoms with E-state index in [1.54, 1.807) is 7.11 Å². The summed E-state index contributed by atoms with van der Waals surface area (Å²) in [5.41, 5.74) is 2.05. The number of ether oxygens (including phenoxy) is 1. The van der Waals surface area contributed by atoms with Crippen molar-refractivity contribution in [2.24, 2.45) is 0 Å². The van der Waals surface area contributed by atoms with Crippen molar-refractivity contribution in [1.29, 1.82) is 0 Å². The number of fused-ring (bicyclic) bond motifs is 1. The Bertz CT molecular complexity index is 1080. The standard InChI is InChI=1S/C21H19ClN4O/c1-13(14-3-4-16-12-19(27-2)10-5-15(16)11-14)20-24-21(26-25-20)23-18-8-6-17(22)7-9-18/h3-13H,1-2H3,(H2,23,24,25,26). The van der Waals surface area contributed by atoms with Crippen LogP contribution >= 0.6 is 11.6 Å². The predicted molar refractivity (Wildman–Crippen MR) is 109 cm³/mol. The van der Waals surface area contributed by atoms with Crippen LogP contribution in [-0.4, -0.2) is 22.3 Å². The van der Waals surface area contributed by atoms with Gasteiger partial charge in [-0.25, -0.2) is 0 Å². The maximum absolute atomic E-state index is 5.91. The van der Waals surface area contributed by atoms with E-state index in [1.807, 2.05) is 36.4 Å². The molecule has 2 N–H and O–H groups in total. The molecule has 0 spiro atoms. The molecule has 0 amide bonds. The molecule has 136 valence electrons. The quantitative estimate of drug-likeness (QED) is 0.480. The maximum Gasteiger partial charge on any atom is 0.246 e. The zero-order valence-electron chi connectivity index (χ0n) is 15.0. The molecule has 5 nitrogen and oxygen atoms in total. The first-order valence-electron chi connectivity index (χ1n) is 8.65. The Kier molecular flexibility index (Phi) is 4.69. The van der Waals surface area contributed by atoms with Crippen molar-refractivity contribution in [3.8, 4) is 5.75 Å². The molecule has 0 bridgehead atoms. The van der Waals surface area contributed by atoms with Crippen LogP contribution in [0.4, 0.5) is 11.6 Å². The minimum Gasteiger partial charge on any atom is -0.497 e. The molecule has 1 atom stereocenters. The molecule has 4 aromatic rings. The summed E-state index contributed by atoms with van der Waals surface area (Å²) in [4.78, 5) is 4.58. The van der Waals surface area contributed by atoms with Crippen LogP contribution in [0.25, 0.3) is 10.8 Å². The number of anilines is 2. The molecule has 0 aliphatic heterocycles. The Labute approximate surface area is 162 Å². The van der Waals surface area contributed by atoms with Gasteiger partial charge in [0.25, 0.3) is 0 Å². The first-order chi connectivity index (χ1) is 13.1. The van der Waals surface area contributed by atoms with Gasteiger partial charge < -0.3 is 10.1 Å². The van der Waals surface area contributed by atoms with Crippen LogP contribution in [0.1, 0.15) is 24.2 Å². The van der Waals surface area contributed by atoms with Crippen LogP contribution in [0.5, 0.6) is 5.75 Å². The van der Waals surface area contributed by atoms with Crippen molar-refractivity contribution >= 4 is 34.0 Å². The fourth-order valence-electron chi connectivity index (χ4n) is 2.98. The Balaban J connectivity index is 1.55. The maximum atomic E-state index is 5.91. The number of rotatable bonds is 5. The van der Waals surface area contributed by atoms with Crippen molar-refractivity contribution in [2.75, 3.05) is 12.4 Å². The normalized spacial score (nSPS) is 12.1. The molecule has 0 aliphatic rings. The van der Waals surface area contributed by atoms with Crippen LogP contribution in [0.3, 0.4) is 0 Å². The molecule has 0 saturated carbocycles. The van der Waals surface area contributed by atoms with Crippen LogP contribution in [-0.2, 0) is 0 Å². The van der Waals surface area contributed by atoms with Gasteiger partial charge in [0, 0.05) is 16.6 Å². The largest absolute Gasteiger partial charge is 0.497 e. The molecule has 0 fully saturated rings. The van der Waals surface area contributed by atoms with Gasteiger partial charge in [0.05, 0.1) is 7.11 Å². The van der Waals surface area contributed by atoms with Gasteiger partial charge in [-0.3, -0.25) is 5.10 Å². The highest BCUT2D eigenvalue weighted by Crippen LogP contribution is 2.28. The van der Waals surface area contributed by atoms with Crippen LogP contribution in [0.2, 0.25) is 5.02 Å². The Morgan fingerprint density at radius 3 is 2.52 bits per heavy atom. The molecule has 3 aromatic carbocycles. The minimum absolute atomic E-state index is 0.0877. The second kappa shape index (κ2) is 7.29. The van der Waals surface area contributed by atoms with Crippen molar-refractivity contribution in [1.82, 2.24) is 15.2 Å². The Morgan fingerprint density at radius 1 is 1.00 bits per heavy atom. The molecule has 1 heterocycles. The molecular weight excluding hydrogens is 360 g/mol. The molecule has 1 aromatic heterocycles. The lowest BCUT2D eigenvalue weighted by Gasteiger charge is -2.10. The van der Waals surface area contributed by atoms with E-state index in [-0.39, 0.29) is 5.92 Å². The van der Waals surface area contributed by atoms with E-state index >= 15 is 0 Å². The smallest absolute Gasteiger partial charge is 0.246 e. The fraction of sp³-hybridized carbons (Fsp3) is 0.143. The van der Waals surface area contributed by atoms with E-state index in [0.717, 1.165) is 22.6 Å². The second-order valence-electron chi connectivity index (χ2n) is 6.37. The van der Waals surface area contributed by atoms with Crippen molar-refractivity contribution in [3.05, 3.63) is 77.1 Å². The van der Waals surface area contributed by atoms with Crippen molar-refractivity contribution in [2.45, 2.75) is 12.8 Å². The molecule has 0 aliphatic carbocycles. The third-order valence-corrected chi connectivity index (χ3v) is 4.84. The first kappa shape index (κ1) is 17.4. The summed E-state index contributed by atoms with van der Waals surface area (Å²) in [6.45, 7) is 2.11. The average molecular weight is 379 g/mol. The third-order valence-electron chi connectivity index (χ3n) is 4.58. The number of aromatic amines is 1. The van der Waals surface area contributed by atoms with Crippen LogP contribution < -0.4 is 10.1 Å². The van der Waals surface area contributed by atoms with Gasteiger partial charge >= 0.3 is 0 Å². The zero-order chi connectivity index (χ0) is 18.8. The number of methoxy groups -OCH3 is 1. The number of halogens is 1. The van der Waals surface area contributed by atoms with Crippen LogP contribution in [0.15, 0.2) is 60.7 Å². The molecule has 6 heteroatoms. The molecular formula is C21H19ClN4O. The van der Waals surface area contributed by atoms with Crippen molar-refractivity contribution < 1.29 is 4.74 Å². The van der Waals surface area contributed by atoms with E-state index in [9.17, 15) is 0 Å². The van der Waals surface area contributed by atoms with Gasteiger partial charge in [-0.15, -0.1) is 5.10 Å². The summed E-state index contributed by atoms with van der Waals surface area (Å²) in [7, 11) is 1.68. The average Bonchev–Trinajstić information content (AvgIpc) is 3.16. The molecule has 0 radical (unpaired) electrons. The van der Waals surface area contributed by atoms with Gasteiger partial charge in [0.1, 0.15) is 11.6 Å². The summed E-state index contributed by atoms with van der Waals surface area (Å²) in [6, 6.07) is 19.9. The van der Waals surface area contributed by atoms with Crippen molar-refractivity contribution in [3.63, 3.8) is 0 Å². The number of H-pyrrole nitrogens is 1. The van der Waals surface area contributed by atoms with Gasteiger partial charge in [-0.1, -0.05) is 42.8 Å². The summed E-state index contributed by atoms with van der Waals surface area (Å²) in [5.74, 6) is 2.28. The molecule has 0 saturated heterocycles. The lowest BCUT2D eigenvalue weighted by molar-refractivity contribution is 0.415. The number of hydrogen-bond acceptors (Lipinski definition) is 4. The fourth-order valence-corrected chi connectivity index (χ4v) is 3.11. The summed E-state index contributed by atoms with van der Waals surface area (Å²) in [6.07, 6.45) is 0. The topological polar surface area (TPSA) is 62.8 Å². The molecule has 27 heavy (non-hydrogen) atoms. The lowest BCUT2D eigenvalue weighted by atomic mass is 9.97. The SMILES string of the molecule is COc1ccc2cc(C(C)c3nc(Nc4ccc(Cl)cc4)n[nH]3)ccc2c1. The lowest BCUT2D eigenvalue weighted by Crippen LogP contribution is -1.99. The highest BCUT2D eigenvalue weighted by atomic mass is 35.5. The van der Waals surface area contributed by atoms with E-state index in [2.05, 4.69) is 51.7 Å². The van der Waals surface area contributed by atoms with Gasteiger partial charge in [-0.05, 0) is 52.7 Å². The number of benzene rings is 3. The minimum atomic E-state index is 0.0877. The van der Waals surface area contributed by atoms with Crippen LogP contribution in [0, 0.1) is 0 Å².